The summed E-state index contributed by atoms with van der Waals surface area (Å²) in [5.41, 5.74) is 0. The van der Waals surface area contributed by atoms with E-state index in [4.69, 9.17) is 5.11 Å². The van der Waals surface area contributed by atoms with Crippen LogP contribution >= 0.6 is 0 Å². The SMILES string of the molecule is CCN(CC(=O)O)C(=O)NCCOCC(F)(F)F. The summed E-state index contributed by atoms with van der Waals surface area (Å²) < 4.78 is 39.3. The smallest absolute Gasteiger partial charge is 0.411 e. The maximum absolute atomic E-state index is 11.7. The lowest BCUT2D eigenvalue weighted by Gasteiger charge is -2.19. The van der Waals surface area contributed by atoms with Crippen molar-refractivity contribution >= 4 is 12.0 Å². The van der Waals surface area contributed by atoms with E-state index in [1.807, 2.05) is 0 Å². The summed E-state index contributed by atoms with van der Waals surface area (Å²) in [5.74, 6) is -1.17. The van der Waals surface area contributed by atoms with Crippen LogP contribution in [0.3, 0.4) is 0 Å². The van der Waals surface area contributed by atoms with Crippen molar-refractivity contribution in [2.75, 3.05) is 32.8 Å². The molecule has 0 heterocycles. The number of nitrogens with one attached hydrogen (secondary N) is 1. The minimum Gasteiger partial charge on any atom is -0.480 e. The number of carboxylic acid groups (broad SMARTS) is 1. The summed E-state index contributed by atoms with van der Waals surface area (Å²) in [5, 5.41) is 10.7. The molecule has 106 valence electrons. The zero-order valence-corrected chi connectivity index (χ0v) is 9.79. The minimum atomic E-state index is -4.40. The van der Waals surface area contributed by atoms with E-state index in [1.54, 1.807) is 6.92 Å². The van der Waals surface area contributed by atoms with E-state index in [1.165, 1.54) is 0 Å². The lowest BCUT2D eigenvalue weighted by atomic mass is 10.5. The van der Waals surface area contributed by atoms with Gasteiger partial charge in [0.1, 0.15) is 13.2 Å². The Balaban J connectivity index is 3.78. The molecule has 0 aliphatic rings. The van der Waals surface area contributed by atoms with Crippen LogP contribution in [-0.2, 0) is 9.53 Å². The molecule has 0 atom stereocenters. The maximum atomic E-state index is 11.7. The topological polar surface area (TPSA) is 78.9 Å². The van der Waals surface area contributed by atoms with Gasteiger partial charge in [-0.15, -0.1) is 0 Å². The number of amides is 2. The molecule has 0 aromatic heterocycles. The van der Waals surface area contributed by atoms with Crippen molar-refractivity contribution in [1.82, 2.24) is 10.2 Å². The molecule has 0 bridgehead atoms. The van der Waals surface area contributed by atoms with Gasteiger partial charge in [0.05, 0.1) is 6.61 Å². The third kappa shape index (κ3) is 8.62. The second-order valence-electron chi connectivity index (χ2n) is 3.31. The van der Waals surface area contributed by atoms with Gasteiger partial charge in [-0.1, -0.05) is 0 Å². The van der Waals surface area contributed by atoms with E-state index >= 15 is 0 Å². The molecular weight excluding hydrogens is 257 g/mol. The molecule has 6 nitrogen and oxygen atoms in total. The van der Waals surface area contributed by atoms with Crippen molar-refractivity contribution < 1.29 is 32.6 Å². The van der Waals surface area contributed by atoms with E-state index in [-0.39, 0.29) is 19.7 Å². The summed E-state index contributed by atoms with van der Waals surface area (Å²) in [7, 11) is 0. The molecule has 0 saturated heterocycles. The molecule has 0 radical (unpaired) electrons. The third-order valence-electron chi connectivity index (χ3n) is 1.78. The lowest BCUT2D eigenvalue weighted by Crippen LogP contribution is -2.43. The molecule has 0 saturated carbocycles. The van der Waals surface area contributed by atoms with Gasteiger partial charge in [-0.2, -0.15) is 13.2 Å². The van der Waals surface area contributed by atoms with E-state index in [0.717, 1.165) is 4.90 Å². The summed E-state index contributed by atoms with van der Waals surface area (Å²) >= 11 is 0. The molecule has 0 unspecified atom stereocenters. The van der Waals surface area contributed by atoms with Gasteiger partial charge in [0, 0.05) is 13.1 Å². The van der Waals surface area contributed by atoms with Crippen LogP contribution in [0.5, 0.6) is 0 Å². The number of likely N-dealkylation sites (N-methyl/N-ethyl adjacent to an activating group) is 1. The Morgan fingerprint density at radius 1 is 1.39 bits per heavy atom. The average molecular weight is 272 g/mol. The molecule has 0 fully saturated rings. The molecule has 2 N–H and O–H groups in total. The summed E-state index contributed by atoms with van der Waals surface area (Å²) in [4.78, 5) is 22.7. The maximum Gasteiger partial charge on any atom is 0.411 e. The molecule has 0 aromatic rings. The highest BCUT2D eigenvalue weighted by Gasteiger charge is 2.27. The van der Waals surface area contributed by atoms with Crippen LogP contribution in [0.15, 0.2) is 0 Å². The predicted octanol–water partition coefficient (Wildman–Crippen LogP) is 0.681. The Morgan fingerprint density at radius 3 is 2.44 bits per heavy atom. The van der Waals surface area contributed by atoms with Gasteiger partial charge >= 0.3 is 18.2 Å². The van der Waals surface area contributed by atoms with Crippen molar-refractivity contribution in [3.63, 3.8) is 0 Å². The highest BCUT2D eigenvalue weighted by molar-refractivity contribution is 5.79. The third-order valence-corrected chi connectivity index (χ3v) is 1.78. The highest BCUT2D eigenvalue weighted by Crippen LogP contribution is 2.13. The van der Waals surface area contributed by atoms with Gasteiger partial charge in [0.15, 0.2) is 0 Å². The number of urea groups is 1. The van der Waals surface area contributed by atoms with E-state index < -0.39 is 31.3 Å². The number of rotatable bonds is 7. The zero-order valence-electron chi connectivity index (χ0n) is 9.79. The molecule has 0 aliphatic carbocycles. The van der Waals surface area contributed by atoms with Crippen LogP contribution in [0.25, 0.3) is 0 Å². The fourth-order valence-electron chi connectivity index (χ4n) is 1.02. The number of alkyl halides is 3. The Morgan fingerprint density at radius 2 is 2.00 bits per heavy atom. The number of aliphatic carboxylic acids is 1. The summed E-state index contributed by atoms with van der Waals surface area (Å²) in [6, 6.07) is -0.657. The van der Waals surface area contributed by atoms with Crippen molar-refractivity contribution in [3.8, 4) is 0 Å². The Hall–Kier alpha value is -1.51. The average Bonchev–Trinajstić information content (AvgIpc) is 2.23. The number of carboxylic acids is 1. The van der Waals surface area contributed by atoms with Gasteiger partial charge < -0.3 is 20.1 Å². The predicted molar refractivity (Wildman–Crippen MR) is 55.2 cm³/mol. The molecule has 0 spiro atoms. The quantitative estimate of drug-likeness (QED) is 0.668. The first-order valence-corrected chi connectivity index (χ1v) is 5.15. The number of halogens is 3. The first kappa shape index (κ1) is 16.5. The van der Waals surface area contributed by atoms with E-state index in [0.29, 0.717) is 0 Å². The monoisotopic (exact) mass is 272 g/mol. The van der Waals surface area contributed by atoms with Crippen LogP contribution in [-0.4, -0.2) is 61.0 Å². The molecule has 9 heteroatoms. The second-order valence-corrected chi connectivity index (χ2v) is 3.31. The van der Waals surface area contributed by atoms with Crippen molar-refractivity contribution in [2.24, 2.45) is 0 Å². The molecule has 18 heavy (non-hydrogen) atoms. The number of ether oxygens (including phenoxy) is 1. The highest BCUT2D eigenvalue weighted by atomic mass is 19.4. The second kappa shape index (κ2) is 7.75. The fourth-order valence-corrected chi connectivity index (χ4v) is 1.02. The van der Waals surface area contributed by atoms with Gasteiger partial charge in [-0.05, 0) is 6.92 Å². The zero-order chi connectivity index (χ0) is 14.2. The fraction of sp³-hybridized carbons (Fsp3) is 0.778. The number of carbonyl (C=O) groups is 2. The van der Waals surface area contributed by atoms with Gasteiger partial charge in [0.25, 0.3) is 0 Å². The van der Waals surface area contributed by atoms with E-state index in [2.05, 4.69) is 10.1 Å². The molecule has 0 aliphatic heterocycles. The Bertz CT molecular complexity index is 283. The number of nitrogens with zero attached hydrogens (tertiary/aromatic N) is 1. The number of carbonyl (C=O) groups excluding carboxylic acids is 1. The Kier molecular flexibility index (Phi) is 7.10. The normalized spacial score (nSPS) is 11.1. The first-order valence-electron chi connectivity index (χ1n) is 5.15. The summed E-state index contributed by atoms with van der Waals surface area (Å²) in [6.45, 7) is -0.494. The van der Waals surface area contributed by atoms with Crippen LogP contribution < -0.4 is 5.32 Å². The standard InChI is InChI=1S/C9H15F3N2O4/c1-2-14(5-7(15)16)8(17)13-3-4-18-6-9(10,11)12/h2-6H2,1H3,(H,13,17)(H,15,16). The number of hydrogen-bond acceptors (Lipinski definition) is 3. The lowest BCUT2D eigenvalue weighted by molar-refractivity contribution is -0.173. The Labute approximate surface area is 102 Å². The first-order chi connectivity index (χ1) is 8.26. The van der Waals surface area contributed by atoms with Crippen LogP contribution in [0, 0.1) is 0 Å². The van der Waals surface area contributed by atoms with Gasteiger partial charge in [0.2, 0.25) is 0 Å². The minimum absolute atomic E-state index is 0.120. The molecule has 0 rings (SSSR count). The molecule has 2 amide bonds. The van der Waals surface area contributed by atoms with Crippen LogP contribution in [0.2, 0.25) is 0 Å². The van der Waals surface area contributed by atoms with Crippen molar-refractivity contribution in [3.05, 3.63) is 0 Å². The van der Waals surface area contributed by atoms with E-state index in [9.17, 15) is 22.8 Å². The van der Waals surface area contributed by atoms with Gasteiger partial charge in [-0.25, -0.2) is 4.79 Å². The largest absolute Gasteiger partial charge is 0.480 e. The van der Waals surface area contributed by atoms with Crippen LogP contribution in [0.4, 0.5) is 18.0 Å². The number of hydrogen-bond donors (Lipinski definition) is 2. The van der Waals surface area contributed by atoms with Crippen LogP contribution in [0.1, 0.15) is 6.92 Å². The molecular formula is C9H15F3N2O4. The van der Waals surface area contributed by atoms with Crippen molar-refractivity contribution in [2.45, 2.75) is 13.1 Å². The van der Waals surface area contributed by atoms with Gasteiger partial charge in [-0.3, -0.25) is 4.79 Å². The van der Waals surface area contributed by atoms with Crippen molar-refractivity contribution in [1.29, 1.82) is 0 Å². The molecule has 0 aromatic carbocycles. The summed E-state index contributed by atoms with van der Waals surface area (Å²) in [6.07, 6.45) is -4.40.